The van der Waals surface area contributed by atoms with Gasteiger partial charge in [-0.15, -0.1) is 0 Å². The Kier molecular flexibility index (Phi) is 4.63. The molecule has 4 heteroatoms. The molecule has 0 bridgehead atoms. The summed E-state index contributed by atoms with van der Waals surface area (Å²) in [5.74, 6) is 0.529. The number of benzene rings is 3. The molecule has 0 unspecified atom stereocenters. The van der Waals surface area contributed by atoms with Crippen LogP contribution in [0.2, 0.25) is 0 Å². The lowest BCUT2D eigenvalue weighted by Gasteiger charge is -2.16. The van der Waals surface area contributed by atoms with Gasteiger partial charge in [-0.2, -0.15) is 0 Å². The van der Waals surface area contributed by atoms with E-state index < -0.39 is 6.10 Å². The van der Waals surface area contributed by atoms with Gasteiger partial charge < -0.3 is 10.1 Å². The van der Waals surface area contributed by atoms with Crippen molar-refractivity contribution in [2.24, 2.45) is 0 Å². The Morgan fingerprint density at radius 3 is 2.48 bits per heavy atom. The second kappa shape index (κ2) is 6.84. The van der Waals surface area contributed by atoms with Crippen molar-refractivity contribution >= 4 is 38.3 Å². The second-order valence-electron chi connectivity index (χ2n) is 5.23. The standard InChI is InChI=1S/C19H16BrNO2/c1-13(19(22)21-16-11-9-15(20)10-12-16)23-18-8-4-6-14-5-2-3-7-17(14)18/h2-13H,1H3,(H,21,22)/t13-/m0/s1. The number of amides is 1. The second-order valence-corrected chi connectivity index (χ2v) is 6.15. The highest BCUT2D eigenvalue weighted by Crippen LogP contribution is 2.26. The summed E-state index contributed by atoms with van der Waals surface area (Å²) in [6.45, 7) is 1.75. The molecule has 0 aliphatic heterocycles. The number of fused-ring (bicyclic) bond motifs is 1. The summed E-state index contributed by atoms with van der Waals surface area (Å²) in [5.41, 5.74) is 0.742. The smallest absolute Gasteiger partial charge is 0.265 e. The van der Waals surface area contributed by atoms with Gasteiger partial charge in [-0.1, -0.05) is 52.3 Å². The Labute approximate surface area is 143 Å². The molecule has 116 valence electrons. The minimum absolute atomic E-state index is 0.180. The molecule has 0 aromatic heterocycles. The number of carbonyl (C=O) groups is 1. The Morgan fingerprint density at radius 2 is 1.70 bits per heavy atom. The van der Waals surface area contributed by atoms with E-state index in [1.165, 1.54) is 0 Å². The SMILES string of the molecule is C[C@H](Oc1cccc2ccccc12)C(=O)Nc1ccc(Br)cc1. The van der Waals surface area contributed by atoms with Gasteiger partial charge in [-0.05, 0) is 42.6 Å². The minimum Gasteiger partial charge on any atom is -0.480 e. The quantitative estimate of drug-likeness (QED) is 0.701. The van der Waals surface area contributed by atoms with E-state index >= 15 is 0 Å². The number of nitrogens with one attached hydrogen (secondary N) is 1. The minimum atomic E-state index is -0.593. The molecule has 3 nitrogen and oxygen atoms in total. The van der Waals surface area contributed by atoms with E-state index in [0.717, 1.165) is 20.9 Å². The van der Waals surface area contributed by atoms with E-state index in [1.807, 2.05) is 66.7 Å². The normalized spacial score (nSPS) is 11.9. The maximum Gasteiger partial charge on any atom is 0.265 e. The lowest BCUT2D eigenvalue weighted by atomic mass is 10.1. The molecule has 3 aromatic rings. The number of halogens is 1. The fraction of sp³-hybridized carbons (Fsp3) is 0.105. The third-order valence-corrected chi connectivity index (χ3v) is 4.06. The van der Waals surface area contributed by atoms with Crippen LogP contribution >= 0.6 is 15.9 Å². The Morgan fingerprint density at radius 1 is 1.00 bits per heavy atom. The van der Waals surface area contributed by atoms with E-state index in [4.69, 9.17) is 4.74 Å². The van der Waals surface area contributed by atoms with Crippen molar-refractivity contribution in [1.82, 2.24) is 0 Å². The van der Waals surface area contributed by atoms with Crippen LogP contribution in [0.4, 0.5) is 5.69 Å². The van der Waals surface area contributed by atoms with Gasteiger partial charge in [0.25, 0.3) is 5.91 Å². The van der Waals surface area contributed by atoms with Crippen molar-refractivity contribution in [2.75, 3.05) is 5.32 Å². The highest BCUT2D eigenvalue weighted by Gasteiger charge is 2.16. The molecule has 0 heterocycles. The van der Waals surface area contributed by atoms with E-state index in [-0.39, 0.29) is 5.91 Å². The zero-order valence-electron chi connectivity index (χ0n) is 12.6. The van der Waals surface area contributed by atoms with Crippen molar-refractivity contribution in [3.05, 3.63) is 71.2 Å². The summed E-state index contributed by atoms with van der Waals surface area (Å²) in [6, 6.07) is 21.2. The highest BCUT2D eigenvalue weighted by molar-refractivity contribution is 9.10. The predicted molar refractivity (Wildman–Crippen MR) is 96.8 cm³/mol. The van der Waals surface area contributed by atoms with Crippen molar-refractivity contribution < 1.29 is 9.53 Å². The number of ether oxygens (including phenoxy) is 1. The lowest BCUT2D eigenvalue weighted by molar-refractivity contribution is -0.122. The van der Waals surface area contributed by atoms with E-state index in [0.29, 0.717) is 5.75 Å². The lowest BCUT2D eigenvalue weighted by Crippen LogP contribution is -2.30. The molecule has 3 rings (SSSR count). The van der Waals surface area contributed by atoms with Crippen LogP contribution in [0.15, 0.2) is 71.2 Å². The van der Waals surface area contributed by atoms with Crippen LogP contribution < -0.4 is 10.1 Å². The van der Waals surface area contributed by atoms with Crippen LogP contribution in [0.25, 0.3) is 10.8 Å². The Bertz CT molecular complexity index is 825. The van der Waals surface area contributed by atoms with Gasteiger partial charge in [0.05, 0.1) is 0 Å². The van der Waals surface area contributed by atoms with Gasteiger partial charge in [0, 0.05) is 15.5 Å². The fourth-order valence-electron chi connectivity index (χ4n) is 2.32. The molecule has 23 heavy (non-hydrogen) atoms. The van der Waals surface area contributed by atoms with Gasteiger partial charge in [-0.3, -0.25) is 4.79 Å². The molecule has 0 radical (unpaired) electrons. The molecule has 3 aromatic carbocycles. The molecule has 0 spiro atoms. The van der Waals surface area contributed by atoms with Gasteiger partial charge >= 0.3 is 0 Å². The zero-order valence-corrected chi connectivity index (χ0v) is 14.2. The Balaban J connectivity index is 1.73. The van der Waals surface area contributed by atoms with Crippen LogP contribution in [0, 0.1) is 0 Å². The topological polar surface area (TPSA) is 38.3 Å². The maximum atomic E-state index is 12.3. The summed E-state index contributed by atoms with van der Waals surface area (Å²) >= 11 is 3.37. The van der Waals surface area contributed by atoms with Gasteiger partial charge in [0.15, 0.2) is 6.10 Å². The van der Waals surface area contributed by atoms with Crippen LogP contribution in [0.5, 0.6) is 5.75 Å². The van der Waals surface area contributed by atoms with Gasteiger partial charge in [0.2, 0.25) is 0 Å². The maximum absolute atomic E-state index is 12.3. The van der Waals surface area contributed by atoms with Crippen molar-refractivity contribution in [3.8, 4) is 5.75 Å². The summed E-state index contributed by atoms with van der Waals surface area (Å²) < 4.78 is 6.83. The van der Waals surface area contributed by atoms with Crippen molar-refractivity contribution in [3.63, 3.8) is 0 Å². The number of hydrogen-bond donors (Lipinski definition) is 1. The first-order valence-corrected chi connectivity index (χ1v) is 8.13. The largest absolute Gasteiger partial charge is 0.480 e. The number of carbonyl (C=O) groups excluding carboxylic acids is 1. The van der Waals surface area contributed by atoms with Crippen molar-refractivity contribution in [1.29, 1.82) is 0 Å². The molecule has 1 N–H and O–H groups in total. The van der Waals surface area contributed by atoms with Crippen LogP contribution in [-0.4, -0.2) is 12.0 Å². The summed E-state index contributed by atoms with van der Waals surface area (Å²) in [5, 5.41) is 4.94. The molecule has 0 saturated heterocycles. The molecular formula is C19H16BrNO2. The molecule has 1 atom stereocenters. The van der Waals surface area contributed by atoms with E-state index in [9.17, 15) is 4.79 Å². The monoisotopic (exact) mass is 369 g/mol. The fourth-order valence-corrected chi connectivity index (χ4v) is 2.58. The Hall–Kier alpha value is -2.33. The molecule has 1 amide bonds. The first-order valence-electron chi connectivity index (χ1n) is 7.34. The third kappa shape index (κ3) is 3.71. The van der Waals surface area contributed by atoms with E-state index in [2.05, 4.69) is 21.2 Å². The first kappa shape index (κ1) is 15.6. The van der Waals surface area contributed by atoms with Crippen LogP contribution in [0.3, 0.4) is 0 Å². The van der Waals surface area contributed by atoms with Gasteiger partial charge in [-0.25, -0.2) is 0 Å². The molecule has 0 aliphatic carbocycles. The molecule has 0 saturated carbocycles. The molecular weight excluding hydrogens is 354 g/mol. The number of rotatable bonds is 4. The summed E-state index contributed by atoms with van der Waals surface area (Å²) in [4.78, 5) is 12.3. The molecule has 0 fully saturated rings. The average Bonchev–Trinajstić information content (AvgIpc) is 2.57. The average molecular weight is 370 g/mol. The molecule has 0 aliphatic rings. The summed E-state index contributed by atoms with van der Waals surface area (Å²) in [7, 11) is 0. The highest BCUT2D eigenvalue weighted by atomic mass is 79.9. The zero-order chi connectivity index (χ0) is 16.2. The number of anilines is 1. The summed E-state index contributed by atoms with van der Waals surface area (Å²) in [6.07, 6.45) is -0.593. The third-order valence-electron chi connectivity index (χ3n) is 3.53. The van der Waals surface area contributed by atoms with E-state index in [1.54, 1.807) is 6.92 Å². The number of hydrogen-bond acceptors (Lipinski definition) is 2. The predicted octanol–water partition coefficient (Wildman–Crippen LogP) is 5.01. The first-order chi connectivity index (χ1) is 11.1. The van der Waals surface area contributed by atoms with Crippen LogP contribution in [0.1, 0.15) is 6.92 Å². The van der Waals surface area contributed by atoms with Gasteiger partial charge in [0.1, 0.15) is 5.75 Å². The van der Waals surface area contributed by atoms with Crippen molar-refractivity contribution in [2.45, 2.75) is 13.0 Å². The van der Waals surface area contributed by atoms with Crippen LogP contribution in [-0.2, 0) is 4.79 Å².